The Balaban J connectivity index is 1.96. The van der Waals surface area contributed by atoms with Gasteiger partial charge in [0.15, 0.2) is 0 Å². The summed E-state index contributed by atoms with van der Waals surface area (Å²) in [5.74, 6) is 1.84. The molecular weight excluding hydrogens is 268 g/mol. The van der Waals surface area contributed by atoms with Crippen molar-refractivity contribution in [3.8, 4) is 0 Å². The third-order valence-corrected chi connectivity index (χ3v) is 4.81. The van der Waals surface area contributed by atoms with Crippen LogP contribution < -0.4 is 0 Å². The molecule has 3 atom stereocenters. The number of hydrogen-bond acceptors (Lipinski definition) is 1. The lowest BCUT2D eigenvalue weighted by molar-refractivity contribution is 0.207. The maximum absolute atomic E-state index is 9.90. The molecule has 0 aromatic rings. The van der Waals surface area contributed by atoms with Crippen molar-refractivity contribution in [3.63, 3.8) is 0 Å². The maximum atomic E-state index is 9.90. The molecule has 1 fully saturated rings. The number of aliphatic hydroxyl groups is 1. The van der Waals surface area contributed by atoms with Crippen LogP contribution in [0, 0.1) is 11.8 Å². The molecule has 0 spiro atoms. The molecule has 1 nitrogen and oxygen atoms in total. The minimum absolute atomic E-state index is 0.212. The maximum Gasteiger partial charge on any atom is 0.0720 e. The van der Waals surface area contributed by atoms with Gasteiger partial charge in [0.25, 0.3) is 0 Å². The van der Waals surface area contributed by atoms with Crippen LogP contribution in [0.2, 0.25) is 0 Å². The molecule has 128 valence electrons. The highest BCUT2D eigenvalue weighted by molar-refractivity contribution is 4.97. The molecular formula is C21H38O. The van der Waals surface area contributed by atoms with Crippen LogP contribution in [-0.4, -0.2) is 11.2 Å². The monoisotopic (exact) mass is 306 g/mol. The van der Waals surface area contributed by atoms with Crippen LogP contribution in [0.3, 0.4) is 0 Å². The van der Waals surface area contributed by atoms with E-state index in [4.69, 9.17) is 0 Å². The van der Waals surface area contributed by atoms with Crippen molar-refractivity contribution >= 4 is 0 Å². The second-order valence-corrected chi connectivity index (χ2v) is 7.03. The molecule has 22 heavy (non-hydrogen) atoms. The van der Waals surface area contributed by atoms with E-state index in [1.54, 1.807) is 0 Å². The molecule has 1 N–H and O–H groups in total. The van der Waals surface area contributed by atoms with Gasteiger partial charge in [-0.1, -0.05) is 76.7 Å². The van der Waals surface area contributed by atoms with Crippen LogP contribution >= 0.6 is 0 Å². The first-order valence-electron chi connectivity index (χ1n) is 9.77. The summed E-state index contributed by atoms with van der Waals surface area (Å²) in [4.78, 5) is 0. The molecule has 1 rings (SSSR count). The minimum atomic E-state index is -0.212. The molecule has 3 unspecified atom stereocenters. The largest absolute Gasteiger partial charge is 0.389 e. The first-order valence-corrected chi connectivity index (χ1v) is 9.77. The molecule has 0 radical (unpaired) electrons. The summed E-state index contributed by atoms with van der Waals surface area (Å²) in [5, 5.41) is 9.90. The molecule has 0 saturated heterocycles. The lowest BCUT2D eigenvalue weighted by atomic mass is 10.1. The molecule has 1 heteroatoms. The van der Waals surface area contributed by atoms with Gasteiger partial charge in [-0.05, 0) is 50.4 Å². The van der Waals surface area contributed by atoms with Gasteiger partial charge in [0, 0.05) is 0 Å². The van der Waals surface area contributed by atoms with E-state index in [2.05, 4.69) is 32.1 Å². The van der Waals surface area contributed by atoms with E-state index < -0.39 is 0 Å². The van der Waals surface area contributed by atoms with Crippen LogP contribution in [0.15, 0.2) is 24.3 Å². The van der Waals surface area contributed by atoms with Crippen LogP contribution in [0.25, 0.3) is 0 Å². The smallest absolute Gasteiger partial charge is 0.0720 e. The van der Waals surface area contributed by atoms with E-state index in [0.29, 0.717) is 0 Å². The van der Waals surface area contributed by atoms with Crippen molar-refractivity contribution in [2.45, 2.75) is 97.0 Å². The number of allylic oxidation sites excluding steroid dienone is 3. The zero-order valence-electron chi connectivity index (χ0n) is 15.0. The fourth-order valence-corrected chi connectivity index (χ4v) is 3.11. The average molecular weight is 307 g/mol. The quantitative estimate of drug-likeness (QED) is 0.290. The van der Waals surface area contributed by atoms with E-state index in [9.17, 15) is 5.11 Å². The van der Waals surface area contributed by atoms with Gasteiger partial charge in [0.1, 0.15) is 0 Å². The summed E-state index contributed by atoms with van der Waals surface area (Å²) in [5.41, 5.74) is 0. The lowest BCUT2D eigenvalue weighted by Gasteiger charge is -2.04. The molecule has 1 saturated carbocycles. The zero-order chi connectivity index (χ0) is 16.0. The molecule has 0 aromatic carbocycles. The summed E-state index contributed by atoms with van der Waals surface area (Å²) >= 11 is 0. The Labute approximate surface area is 138 Å². The SMILES string of the molecule is CCCC/C=C/CCC1CC1C/C=C/C(O)CCCCCC. The van der Waals surface area contributed by atoms with Crippen molar-refractivity contribution in [1.29, 1.82) is 0 Å². The second kappa shape index (κ2) is 12.9. The molecule has 1 aliphatic rings. The highest BCUT2D eigenvalue weighted by Gasteiger charge is 2.34. The fourth-order valence-electron chi connectivity index (χ4n) is 3.11. The molecule has 0 aliphatic heterocycles. The van der Waals surface area contributed by atoms with Crippen molar-refractivity contribution in [2.24, 2.45) is 11.8 Å². The predicted octanol–water partition coefficient (Wildman–Crippen LogP) is 6.43. The minimum Gasteiger partial charge on any atom is -0.389 e. The lowest BCUT2D eigenvalue weighted by Crippen LogP contribution is -2.01. The van der Waals surface area contributed by atoms with Gasteiger partial charge in [0.2, 0.25) is 0 Å². The van der Waals surface area contributed by atoms with Gasteiger partial charge in [0.05, 0.1) is 6.10 Å². The van der Waals surface area contributed by atoms with E-state index in [-0.39, 0.29) is 6.10 Å². The number of rotatable bonds is 14. The Hall–Kier alpha value is -0.560. The molecule has 0 bridgehead atoms. The van der Waals surface area contributed by atoms with E-state index in [1.165, 1.54) is 64.2 Å². The standard InChI is InChI=1S/C21H38O/c1-3-5-7-9-10-11-14-19-18-20(19)15-13-17-21(22)16-12-8-6-4-2/h9-10,13,17,19-22H,3-8,11-12,14-16,18H2,1-2H3/b10-9+,17-13+. The number of unbranched alkanes of at least 4 members (excludes halogenated alkanes) is 5. The van der Waals surface area contributed by atoms with E-state index >= 15 is 0 Å². The van der Waals surface area contributed by atoms with Crippen molar-refractivity contribution < 1.29 is 5.11 Å². The summed E-state index contributed by atoms with van der Waals surface area (Å²) in [7, 11) is 0. The Kier molecular flexibility index (Phi) is 11.5. The summed E-state index contributed by atoms with van der Waals surface area (Å²) in [6, 6.07) is 0. The molecule has 0 amide bonds. The van der Waals surface area contributed by atoms with E-state index in [0.717, 1.165) is 24.7 Å². The average Bonchev–Trinajstić information content (AvgIpc) is 3.26. The topological polar surface area (TPSA) is 20.2 Å². The van der Waals surface area contributed by atoms with Gasteiger partial charge in [-0.15, -0.1) is 0 Å². The summed E-state index contributed by atoms with van der Waals surface area (Å²) in [6.45, 7) is 4.47. The fraction of sp³-hybridized carbons (Fsp3) is 0.810. The van der Waals surface area contributed by atoms with Crippen LogP contribution in [0.4, 0.5) is 0 Å². The van der Waals surface area contributed by atoms with Crippen molar-refractivity contribution in [3.05, 3.63) is 24.3 Å². The van der Waals surface area contributed by atoms with Crippen LogP contribution in [-0.2, 0) is 0 Å². The van der Waals surface area contributed by atoms with Gasteiger partial charge in [-0.2, -0.15) is 0 Å². The van der Waals surface area contributed by atoms with Gasteiger partial charge in [-0.3, -0.25) is 0 Å². The summed E-state index contributed by atoms with van der Waals surface area (Å²) in [6.07, 6.45) is 23.8. The second-order valence-electron chi connectivity index (χ2n) is 7.03. The van der Waals surface area contributed by atoms with Gasteiger partial charge in [-0.25, -0.2) is 0 Å². The van der Waals surface area contributed by atoms with Crippen LogP contribution in [0.5, 0.6) is 0 Å². The third-order valence-electron chi connectivity index (χ3n) is 4.81. The summed E-state index contributed by atoms with van der Waals surface area (Å²) < 4.78 is 0. The molecule has 0 aromatic heterocycles. The predicted molar refractivity (Wildman–Crippen MR) is 98.0 cm³/mol. The van der Waals surface area contributed by atoms with Gasteiger partial charge >= 0.3 is 0 Å². The Morgan fingerprint density at radius 1 is 0.909 bits per heavy atom. The number of aliphatic hydroxyl groups excluding tert-OH is 1. The Bertz CT molecular complexity index is 305. The zero-order valence-corrected chi connectivity index (χ0v) is 15.0. The number of hydrogen-bond donors (Lipinski definition) is 1. The first-order chi connectivity index (χ1) is 10.8. The Morgan fingerprint density at radius 3 is 2.45 bits per heavy atom. The van der Waals surface area contributed by atoms with E-state index in [1.807, 2.05) is 6.08 Å². The Morgan fingerprint density at radius 2 is 1.68 bits per heavy atom. The normalized spacial score (nSPS) is 22.7. The van der Waals surface area contributed by atoms with Crippen LogP contribution in [0.1, 0.15) is 90.9 Å². The molecule has 0 heterocycles. The highest BCUT2D eigenvalue weighted by atomic mass is 16.3. The third kappa shape index (κ3) is 10.2. The van der Waals surface area contributed by atoms with Crippen molar-refractivity contribution in [2.75, 3.05) is 0 Å². The first kappa shape index (κ1) is 19.5. The molecule has 1 aliphatic carbocycles. The highest BCUT2D eigenvalue weighted by Crippen LogP contribution is 2.44. The van der Waals surface area contributed by atoms with Gasteiger partial charge < -0.3 is 5.11 Å². The van der Waals surface area contributed by atoms with Crippen molar-refractivity contribution in [1.82, 2.24) is 0 Å².